The second kappa shape index (κ2) is 7.14. The van der Waals surface area contributed by atoms with Gasteiger partial charge in [-0.2, -0.15) is 0 Å². The number of aromatic hydroxyl groups is 1. The van der Waals surface area contributed by atoms with Crippen molar-refractivity contribution >= 4 is 5.91 Å². The first-order valence-electron chi connectivity index (χ1n) is 8.64. The Morgan fingerprint density at radius 1 is 1.21 bits per heavy atom. The predicted octanol–water partition coefficient (Wildman–Crippen LogP) is 3.30. The Kier molecular flexibility index (Phi) is 6.10. The minimum Gasteiger partial charge on any atom is -0.507 e. The molecule has 1 aromatic rings. The maximum Gasteiger partial charge on any atom is 0.224 e. The Balaban J connectivity index is 3.43. The summed E-state index contributed by atoms with van der Waals surface area (Å²) in [5, 5.41) is 13.8. The molecule has 1 unspecified atom stereocenters. The number of nitrogens with two attached hydrogens (primary N) is 1. The summed E-state index contributed by atoms with van der Waals surface area (Å²) in [5.41, 5.74) is 8.93. The predicted molar refractivity (Wildman–Crippen MR) is 101 cm³/mol. The van der Waals surface area contributed by atoms with E-state index in [9.17, 15) is 9.90 Å². The summed E-state index contributed by atoms with van der Waals surface area (Å²) in [6.07, 6.45) is 0.294. The first-order valence-corrected chi connectivity index (χ1v) is 8.64. The van der Waals surface area contributed by atoms with E-state index in [0.717, 1.165) is 22.3 Å². The van der Waals surface area contributed by atoms with Gasteiger partial charge in [-0.15, -0.1) is 0 Å². The van der Waals surface area contributed by atoms with Crippen molar-refractivity contribution in [1.29, 1.82) is 0 Å². The van der Waals surface area contributed by atoms with Crippen LogP contribution in [0.4, 0.5) is 0 Å². The normalized spacial score (nSPS) is 13.7. The van der Waals surface area contributed by atoms with Gasteiger partial charge in [-0.05, 0) is 41.4 Å². The van der Waals surface area contributed by atoms with Gasteiger partial charge in [0.15, 0.2) is 0 Å². The Hall–Kier alpha value is -1.55. The molecule has 0 fully saturated rings. The molecule has 24 heavy (non-hydrogen) atoms. The van der Waals surface area contributed by atoms with Gasteiger partial charge in [0.05, 0.1) is 6.42 Å². The zero-order chi connectivity index (χ0) is 18.9. The summed E-state index contributed by atoms with van der Waals surface area (Å²) < 4.78 is 0. The van der Waals surface area contributed by atoms with Crippen molar-refractivity contribution in [2.24, 2.45) is 5.73 Å². The Morgan fingerprint density at radius 2 is 1.75 bits per heavy atom. The quantitative estimate of drug-likeness (QED) is 0.791. The van der Waals surface area contributed by atoms with Gasteiger partial charge in [-0.3, -0.25) is 4.79 Å². The van der Waals surface area contributed by atoms with Crippen LogP contribution < -0.4 is 11.1 Å². The molecule has 0 spiro atoms. The molecule has 1 rings (SSSR count). The number of hydrogen-bond donors (Lipinski definition) is 3. The fourth-order valence-electron chi connectivity index (χ4n) is 3.05. The highest BCUT2D eigenvalue weighted by Crippen LogP contribution is 2.42. The maximum absolute atomic E-state index is 12.3. The van der Waals surface area contributed by atoms with Gasteiger partial charge < -0.3 is 16.2 Å². The lowest BCUT2D eigenvalue weighted by Crippen LogP contribution is -2.38. The van der Waals surface area contributed by atoms with E-state index in [-0.39, 0.29) is 22.8 Å². The lowest BCUT2D eigenvalue weighted by molar-refractivity contribution is -0.121. The van der Waals surface area contributed by atoms with Crippen molar-refractivity contribution in [1.82, 2.24) is 5.32 Å². The topological polar surface area (TPSA) is 75.4 Å². The molecule has 4 heteroatoms. The van der Waals surface area contributed by atoms with Crippen LogP contribution in [0.2, 0.25) is 0 Å². The van der Waals surface area contributed by atoms with E-state index in [4.69, 9.17) is 5.73 Å². The smallest absolute Gasteiger partial charge is 0.224 e. The maximum atomic E-state index is 12.3. The van der Waals surface area contributed by atoms with Crippen LogP contribution >= 0.6 is 0 Å². The molecule has 0 radical (unpaired) electrons. The number of phenols is 1. The molecule has 1 aromatic carbocycles. The van der Waals surface area contributed by atoms with Crippen molar-refractivity contribution in [3.8, 4) is 5.75 Å². The molecule has 0 aliphatic heterocycles. The van der Waals surface area contributed by atoms with Crippen LogP contribution in [-0.4, -0.2) is 23.6 Å². The molecule has 4 N–H and O–H groups in total. The van der Waals surface area contributed by atoms with Crippen LogP contribution in [0.5, 0.6) is 5.75 Å². The van der Waals surface area contributed by atoms with Crippen molar-refractivity contribution in [2.45, 2.75) is 78.7 Å². The van der Waals surface area contributed by atoms with Crippen molar-refractivity contribution in [3.63, 3.8) is 0 Å². The highest BCUT2D eigenvalue weighted by Gasteiger charge is 2.29. The molecule has 0 bridgehead atoms. The summed E-state index contributed by atoms with van der Waals surface area (Å²) >= 11 is 0. The first kappa shape index (κ1) is 20.5. The van der Waals surface area contributed by atoms with Crippen LogP contribution in [0.3, 0.4) is 0 Å². The fraction of sp³-hybridized carbons (Fsp3) is 0.650. The van der Waals surface area contributed by atoms with Gasteiger partial charge in [0.1, 0.15) is 5.75 Å². The monoisotopic (exact) mass is 334 g/mol. The second-order valence-corrected chi connectivity index (χ2v) is 8.81. The number of carbonyl (C=O) groups is 1. The number of amides is 1. The van der Waals surface area contributed by atoms with E-state index in [1.807, 2.05) is 19.9 Å². The number of benzene rings is 1. The first-order chi connectivity index (χ1) is 10.8. The van der Waals surface area contributed by atoms with Crippen molar-refractivity contribution in [2.75, 3.05) is 6.54 Å². The van der Waals surface area contributed by atoms with Crippen molar-refractivity contribution in [3.05, 3.63) is 28.3 Å². The third kappa shape index (κ3) is 4.73. The van der Waals surface area contributed by atoms with E-state index >= 15 is 0 Å². The van der Waals surface area contributed by atoms with Crippen LogP contribution in [0.1, 0.15) is 70.7 Å². The molecular weight excluding hydrogens is 300 g/mol. The zero-order valence-corrected chi connectivity index (χ0v) is 16.5. The molecule has 1 atom stereocenters. The lowest BCUT2D eigenvalue weighted by atomic mass is 9.75. The molecule has 0 saturated heterocycles. The summed E-state index contributed by atoms with van der Waals surface area (Å²) in [6.45, 7) is 16.8. The Labute approximate surface area is 146 Å². The van der Waals surface area contributed by atoms with Crippen LogP contribution in [-0.2, 0) is 22.0 Å². The van der Waals surface area contributed by atoms with Gasteiger partial charge in [0, 0.05) is 18.2 Å². The molecule has 0 saturated carbocycles. The molecule has 0 heterocycles. The van der Waals surface area contributed by atoms with Gasteiger partial charge >= 0.3 is 0 Å². The highest BCUT2D eigenvalue weighted by molar-refractivity contribution is 5.79. The highest BCUT2D eigenvalue weighted by atomic mass is 16.3. The van der Waals surface area contributed by atoms with Crippen LogP contribution in [0.15, 0.2) is 6.07 Å². The number of nitrogens with one attached hydrogen (secondary N) is 1. The molecule has 0 aliphatic carbocycles. The Bertz CT molecular complexity index is 608. The van der Waals surface area contributed by atoms with Crippen LogP contribution in [0.25, 0.3) is 0 Å². The summed E-state index contributed by atoms with van der Waals surface area (Å²) in [4.78, 5) is 12.3. The second-order valence-electron chi connectivity index (χ2n) is 8.81. The minimum atomic E-state index is -0.203. The average molecular weight is 335 g/mol. The van der Waals surface area contributed by atoms with Gasteiger partial charge in [-0.25, -0.2) is 0 Å². The number of carbonyl (C=O) groups excluding carboxylic acids is 1. The van der Waals surface area contributed by atoms with Crippen LogP contribution in [0, 0.1) is 6.92 Å². The minimum absolute atomic E-state index is 0.0403. The van der Waals surface area contributed by atoms with E-state index in [1.165, 1.54) is 0 Å². The number of phenolic OH excluding ortho intramolecular Hbond substituents is 1. The zero-order valence-electron chi connectivity index (χ0n) is 16.5. The van der Waals surface area contributed by atoms with Gasteiger partial charge in [-0.1, -0.05) is 47.6 Å². The third-order valence-corrected chi connectivity index (χ3v) is 4.34. The number of hydrogen-bond acceptors (Lipinski definition) is 3. The summed E-state index contributed by atoms with van der Waals surface area (Å²) in [5.74, 6) is 0.313. The molecule has 4 nitrogen and oxygen atoms in total. The van der Waals surface area contributed by atoms with Crippen molar-refractivity contribution < 1.29 is 9.90 Å². The summed E-state index contributed by atoms with van der Waals surface area (Å²) in [6, 6.07) is 1.94. The SMILES string of the molecule is Cc1c(CC(=O)NC(C)CN)cc(C(C)(C)C)c(O)c1C(C)(C)C. The molecule has 1 amide bonds. The van der Waals surface area contributed by atoms with Gasteiger partial charge in [0.25, 0.3) is 0 Å². The van der Waals surface area contributed by atoms with E-state index < -0.39 is 0 Å². The molecule has 136 valence electrons. The van der Waals surface area contributed by atoms with E-state index in [0.29, 0.717) is 18.7 Å². The lowest BCUT2D eigenvalue weighted by Gasteiger charge is -2.30. The fourth-order valence-corrected chi connectivity index (χ4v) is 3.05. The Morgan fingerprint density at radius 3 is 2.17 bits per heavy atom. The standard InChI is InChI=1S/C20H34N2O2/c1-12(11-21)22-16(23)10-14-9-15(19(3,4)5)18(24)17(13(14)2)20(6,7)8/h9,12,24H,10-11,21H2,1-8H3,(H,22,23). The van der Waals surface area contributed by atoms with E-state index in [2.05, 4.69) is 46.9 Å². The largest absolute Gasteiger partial charge is 0.507 e. The molecular formula is C20H34N2O2. The summed E-state index contributed by atoms with van der Waals surface area (Å²) in [7, 11) is 0. The molecule has 0 aromatic heterocycles. The molecule has 0 aliphatic rings. The number of rotatable bonds is 4. The van der Waals surface area contributed by atoms with E-state index in [1.54, 1.807) is 0 Å². The van der Waals surface area contributed by atoms with Gasteiger partial charge in [0.2, 0.25) is 5.91 Å². The third-order valence-electron chi connectivity index (χ3n) is 4.34. The average Bonchev–Trinajstić information content (AvgIpc) is 2.38.